The highest BCUT2D eigenvalue weighted by Crippen LogP contribution is 2.31. The number of aromatic nitrogens is 2. The summed E-state index contributed by atoms with van der Waals surface area (Å²) in [6.07, 6.45) is 5.97. The average Bonchev–Trinajstić information content (AvgIpc) is 3.11. The molecule has 1 aliphatic carbocycles. The van der Waals surface area contributed by atoms with Crippen LogP contribution in [0.15, 0.2) is 40.8 Å². The molecule has 2 atom stereocenters. The van der Waals surface area contributed by atoms with Crippen molar-refractivity contribution in [3.63, 3.8) is 0 Å². The molecule has 0 unspecified atom stereocenters. The zero-order valence-electron chi connectivity index (χ0n) is 15.7. The summed E-state index contributed by atoms with van der Waals surface area (Å²) in [6.45, 7) is 2.16. The molecule has 7 heteroatoms. The van der Waals surface area contributed by atoms with E-state index in [1.165, 1.54) is 28.7 Å². The van der Waals surface area contributed by atoms with Crippen LogP contribution in [0.25, 0.3) is 21.3 Å². The third kappa shape index (κ3) is 3.84. The van der Waals surface area contributed by atoms with E-state index in [-0.39, 0.29) is 24.1 Å². The molecule has 1 N–H and O–H groups in total. The summed E-state index contributed by atoms with van der Waals surface area (Å²) >= 11 is 7.40. The highest BCUT2D eigenvalue weighted by Gasteiger charge is 2.23. The summed E-state index contributed by atoms with van der Waals surface area (Å²) in [6, 6.07) is 7.57. The molecule has 0 saturated heterocycles. The minimum absolute atomic E-state index is 0.0130. The Kier molecular flexibility index (Phi) is 5.51. The number of amides is 1. The van der Waals surface area contributed by atoms with Gasteiger partial charge >= 0.3 is 0 Å². The van der Waals surface area contributed by atoms with Crippen molar-refractivity contribution in [2.45, 2.75) is 45.2 Å². The first-order chi connectivity index (χ1) is 13.5. The summed E-state index contributed by atoms with van der Waals surface area (Å²) in [5, 5.41) is 6.22. The van der Waals surface area contributed by atoms with Gasteiger partial charge in [0.25, 0.3) is 5.56 Å². The second-order valence-corrected chi connectivity index (χ2v) is 8.74. The molecular weight excluding hydrogens is 394 g/mol. The van der Waals surface area contributed by atoms with E-state index in [0.717, 1.165) is 30.4 Å². The third-order valence-corrected chi connectivity index (χ3v) is 6.63. The Morgan fingerprint density at radius 1 is 1.29 bits per heavy atom. The monoisotopic (exact) mass is 415 g/mol. The SMILES string of the molecule is C[C@@H]1CCCC[C@H]1NC(=O)Cn1cnc2scc(-c3ccc(Cl)cc3)c2c1=O. The molecule has 1 saturated carbocycles. The number of fused-ring (bicyclic) bond motifs is 1. The van der Waals surface area contributed by atoms with E-state index in [2.05, 4.69) is 17.2 Å². The van der Waals surface area contributed by atoms with Gasteiger partial charge in [-0.1, -0.05) is 43.5 Å². The van der Waals surface area contributed by atoms with Crippen molar-refractivity contribution in [2.24, 2.45) is 5.92 Å². The van der Waals surface area contributed by atoms with Crippen molar-refractivity contribution in [1.29, 1.82) is 0 Å². The molecule has 0 radical (unpaired) electrons. The topological polar surface area (TPSA) is 64.0 Å². The number of thiophene rings is 1. The lowest BCUT2D eigenvalue weighted by molar-refractivity contribution is -0.123. The van der Waals surface area contributed by atoms with Gasteiger partial charge in [-0.05, 0) is 36.5 Å². The number of hydrogen-bond acceptors (Lipinski definition) is 4. The standard InChI is InChI=1S/C21H22ClN3O2S/c1-13-4-2-3-5-17(13)24-18(26)10-25-12-23-20-19(21(25)27)16(11-28-20)14-6-8-15(22)9-7-14/h6-9,11-13,17H,2-5,10H2,1H3,(H,24,26)/t13-,17-/m1/s1. The van der Waals surface area contributed by atoms with Crippen molar-refractivity contribution in [3.05, 3.63) is 51.3 Å². The smallest absolute Gasteiger partial charge is 0.263 e. The Morgan fingerprint density at radius 3 is 2.79 bits per heavy atom. The normalized spacial score (nSPS) is 19.6. The van der Waals surface area contributed by atoms with Crippen LogP contribution in [0.1, 0.15) is 32.6 Å². The largest absolute Gasteiger partial charge is 0.352 e. The van der Waals surface area contributed by atoms with E-state index in [1.54, 1.807) is 12.1 Å². The average molecular weight is 416 g/mol. The summed E-state index contributed by atoms with van der Waals surface area (Å²) < 4.78 is 1.40. The highest BCUT2D eigenvalue weighted by atomic mass is 35.5. The van der Waals surface area contributed by atoms with Crippen LogP contribution in [0.5, 0.6) is 0 Å². The van der Waals surface area contributed by atoms with Crippen LogP contribution in [-0.4, -0.2) is 21.5 Å². The van der Waals surface area contributed by atoms with Crippen LogP contribution < -0.4 is 10.9 Å². The fraction of sp³-hybridized carbons (Fsp3) is 0.381. The molecule has 146 valence electrons. The van der Waals surface area contributed by atoms with Crippen LogP contribution in [0.2, 0.25) is 5.02 Å². The zero-order valence-corrected chi connectivity index (χ0v) is 17.2. The molecule has 5 nitrogen and oxygen atoms in total. The summed E-state index contributed by atoms with van der Waals surface area (Å²) in [4.78, 5) is 30.7. The number of rotatable bonds is 4. The number of carbonyl (C=O) groups is 1. The highest BCUT2D eigenvalue weighted by molar-refractivity contribution is 7.17. The predicted molar refractivity (Wildman–Crippen MR) is 114 cm³/mol. The fourth-order valence-corrected chi connectivity index (χ4v) is 4.89. The molecule has 2 heterocycles. The predicted octanol–water partition coefficient (Wildman–Crippen LogP) is 4.47. The lowest BCUT2D eigenvalue weighted by atomic mass is 9.86. The number of hydrogen-bond donors (Lipinski definition) is 1. The first-order valence-electron chi connectivity index (χ1n) is 9.55. The molecular formula is C21H22ClN3O2S. The number of nitrogens with one attached hydrogen (secondary N) is 1. The van der Waals surface area contributed by atoms with Gasteiger partial charge in [-0.25, -0.2) is 4.98 Å². The fourth-order valence-electron chi connectivity index (χ4n) is 3.86. The number of nitrogens with zero attached hydrogens (tertiary/aromatic N) is 2. The van der Waals surface area contributed by atoms with Gasteiger partial charge in [-0.15, -0.1) is 11.3 Å². The Balaban J connectivity index is 1.60. The van der Waals surface area contributed by atoms with E-state index < -0.39 is 0 Å². The van der Waals surface area contributed by atoms with Gasteiger partial charge in [0.15, 0.2) is 0 Å². The lowest BCUT2D eigenvalue weighted by Gasteiger charge is -2.29. The van der Waals surface area contributed by atoms with Crippen molar-refractivity contribution in [2.75, 3.05) is 0 Å². The summed E-state index contributed by atoms with van der Waals surface area (Å²) in [5.41, 5.74) is 1.54. The molecule has 1 amide bonds. The van der Waals surface area contributed by atoms with Crippen LogP contribution in [0.3, 0.4) is 0 Å². The summed E-state index contributed by atoms with van der Waals surface area (Å²) in [7, 11) is 0. The van der Waals surface area contributed by atoms with Gasteiger partial charge in [0, 0.05) is 22.0 Å². The van der Waals surface area contributed by atoms with Gasteiger partial charge in [-0.2, -0.15) is 0 Å². The van der Waals surface area contributed by atoms with Crippen molar-refractivity contribution in [3.8, 4) is 11.1 Å². The quantitative estimate of drug-likeness (QED) is 0.683. The van der Waals surface area contributed by atoms with Crippen LogP contribution >= 0.6 is 22.9 Å². The Bertz CT molecular complexity index is 1060. The number of benzene rings is 1. The summed E-state index contributed by atoms with van der Waals surface area (Å²) in [5.74, 6) is 0.341. The Morgan fingerprint density at radius 2 is 2.04 bits per heavy atom. The Labute approximate surface area is 172 Å². The van der Waals surface area contributed by atoms with Gasteiger partial charge in [0.05, 0.1) is 11.7 Å². The van der Waals surface area contributed by atoms with Gasteiger partial charge in [0.1, 0.15) is 11.4 Å². The molecule has 28 heavy (non-hydrogen) atoms. The van der Waals surface area contributed by atoms with Crippen LogP contribution in [0, 0.1) is 5.92 Å². The first-order valence-corrected chi connectivity index (χ1v) is 10.8. The van der Waals surface area contributed by atoms with Gasteiger partial charge in [-0.3, -0.25) is 14.2 Å². The molecule has 1 fully saturated rings. The van der Waals surface area contributed by atoms with E-state index in [1.807, 2.05) is 17.5 Å². The first kappa shape index (κ1) is 19.2. The van der Waals surface area contributed by atoms with E-state index in [4.69, 9.17) is 11.6 Å². The van der Waals surface area contributed by atoms with Gasteiger partial charge in [0.2, 0.25) is 5.91 Å². The number of carbonyl (C=O) groups excluding carboxylic acids is 1. The van der Waals surface area contributed by atoms with Crippen molar-refractivity contribution in [1.82, 2.24) is 14.9 Å². The van der Waals surface area contributed by atoms with E-state index in [0.29, 0.717) is 21.2 Å². The molecule has 4 rings (SSSR count). The molecule has 0 aliphatic heterocycles. The van der Waals surface area contributed by atoms with Crippen molar-refractivity contribution < 1.29 is 4.79 Å². The van der Waals surface area contributed by atoms with E-state index >= 15 is 0 Å². The van der Waals surface area contributed by atoms with Crippen LogP contribution in [0.4, 0.5) is 0 Å². The molecule has 0 spiro atoms. The minimum Gasteiger partial charge on any atom is -0.352 e. The molecule has 2 aromatic heterocycles. The minimum atomic E-state index is -0.192. The van der Waals surface area contributed by atoms with Crippen LogP contribution in [-0.2, 0) is 11.3 Å². The molecule has 0 bridgehead atoms. The maximum atomic E-state index is 13.1. The maximum absolute atomic E-state index is 13.1. The van der Waals surface area contributed by atoms with Gasteiger partial charge < -0.3 is 5.32 Å². The lowest BCUT2D eigenvalue weighted by Crippen LogP contribution is -2.43. The Hall–Kier alpha value is -2.18. The van der Waals surface area contributed by atoms with Crippen molar-refractivity contribution >= 4 is 39.1 Å². The molecule has 1 aromatic carbocycles. The second kappa shape index (κ2) is 8.05. The van der Waals surface area contributed by atoms with E-state index in [9.17, 15) is 9.59 Å². The zero-order chi connectivity index (χ0) is 19.7. The molecule has 3 aromatic rings. The number of halogens is 1. The molecule has 1 aliphatic rings. The second-order valence-electron chi connectivity index (χ2n) is 7.45. The third-order valence-electron chi connectivity index (χ3n) is 5.49. The maximum Gasteiger partial charge on any atom is 0.263 e.